The lowest BCUT2D eigenvalue weighted by Crippen LogP contribution is -2.47. The second kappa shape index (κ2) is 5.19. The van der Waals surface area contributed by atoms with Crippen LogP contribution in [0.5, 0.6) is 0 Å². The van der Waals surface area contributed by atoms with Crippen LogP contribution in [0.3, 0.4) is 0 Å². The number of rotatable bonds is 3. The topological polar surface area (TPSA) is 29.5 Å². The van der Waals surface area contributed by atoms with Crippen molar-refractivity contribution in [2.45, 2.75) is 50.7 Å². The number of aliphatic hydroxyl groups is 1. The van der Waals surface area contributed by atoms with Gasteiger partial charge in [-0.15, -0.1) is 0 Å². The summed E-state index contributed by atoms with van der Waals surface area (Å²) in [6.45, 7) is 2.09. The molecule has 0 aliphatic heterocycles. The molecule has 1 fully saturated rings. The lowest BCUT2D eigenvalue weighted by molar-refractivity contribution is -0.116. The molecule has 1 aliphatic carbocycles. The molecule has 94 valence electrons. The summed E-state index contributed by atoms with van der Waals surface area (Å²) in [6.07, 6.45) is 4.76. The molecule has 0 radical (unpaired) electrons. The second-order valence-corrected chi connectivity index (χ2v) is 5.24. The van der Waals surface area contributed by atoms with Crippen LogP contribution >= 0.6 is 0 Å². The fourth-order valence-corrected chi connectivity index (χ4v) is 2.91. The Bertz CT molecular complexity index is 375. The van der Waals surface area contributed by atoms with Crippen molar-refractivity contribution in [2.75, 3.05) is 7.11 Å². The van der Waals surface area contributed by atoms with Crippen LogP contribution in [0.4, 0.5) is 0 Å². The molecule has 0 amide bonds. The predicted molar refractivity (Wildman–Crippen MR) is 69.1 cm³/mol. The minimum absolute atomic E-state index is 0.0169. The van der Waals surface area contributed by atoms with E-state index in [2.05, 4.69) is 31.2 Å². The molecule has 0 heterocycles. The number of aryl methyl sites for hydroxylation is 1. The quantitative estimate of drug-likeness (QED) is 0.871. The third kappa shape index (κ3) is 2.88. The van der Waals surface area contributed by atoms with E-state index >= 15 is 0 Å². The smallest absolute Gasteiger partial charge is 0.0948 e. The van der Waals surface area contributed by atoms with E-state index in [0.717, 1.165) is 25.7 Å². The molecule has 2 unspecified atom stereocenters. The van der Waals surface area contributed by atoms with Gasteiger partial charge in [0, 0.05) is 13.5 Å². The summed E-state index contributed by atoms with van der Waals surface area (Å²) >= 11 is 0. The van der Waals surface area contributed by atoms with Gasteiger partial charge in [-0.25, -0.2) is 0 Å². The van der Waals surface area contributed by atoms with Crippen LogP contribution in [-0.4, -0.2) is 23.9 Å². The number of hydrogen-bond acceptors (Lipinski definition) is 2. The molecule has 0 saturated heterocycles. The minimum Gasteiger partial charge on any atom is -0.387 e. The molecule has 1 N–H and O–H groups in total. The van der Waals surface area contributed by atoms with Crippen LogP contribution in [0.25, 0.3) is 0 Å². The number of hydrogen-bond donors (Lipinski definition) is 1. The summed E-state index contributed by atoms with van der Waals surface area (Å²) in [5.41, 5.74) is 1.77. The van der Waals surface area contributed by atoms with Gasteiger partial charge in [0.25, 0.3) is 0 Å². The monoisotopic (exact) mass is 234 g/mol. The summed E-state index contributed by atoms with van der Waals surface area (Å²) in [6, 6.07) is 8.38. The van der Waals surface area contributed by atoms with Crippen molar-refractivity contribution >= 4 is 0 Å². The second-order valence-electron chi connectivity index (χ2n) is 5.24. The Morgan fingerprint density at radius 3 is 2.94 bits per heavy atom. The summed E-state index contributed by atoms with van der Waals surface area (Å²) in [5, 5.41) is 10.8. The largest absolute Gasteiger partial charge is 0.387 e. The number of benzene rings is 1. The van der Waals surface area contributed by atoms with Crippen molar-refractivity contribution in [2.24, 2.45) is 0 Å². The predicted octanol–water partition coefficient (Wildman–Crippen LogP) is 2.86. The maximum atomic E-state index is 10.8. The summed E-state index contributed by atoms with van der Waals surface area (Å²) in [5.74, 6) is 0. The van der Waals surface area contributed by atoms with Gasteiger partial charge in [0.05, 0.1) is 11.7 Å². The normalized spacial score (nSPS) is 29.2. The maximum absolute atomic E-state index is 10.8. The van der Waals surface area contributed by atoms with Crippen molar-refractivity contribution in [3.05, 3.63) is 35.4 Å². The lowest BCUT2D eigenvalue weighted by atomic mass is 9.78. The molecule has 0 aromatic heterocycles. The van der Waals surface area contributed by atoms with E-state index in [1.165, 1.54) is 11.1 Å². The Hall–Kier alpha value is -0.860. The highest BCUT2D eigenvalue weighted by Crippen LogP contribution is 2.33. The summed E-state index contributed by atoms with van der Waals surface area (Å²) < 4.78 is 5.46. The minimum atomic E-state index is -0.680. The van der Waals surface area contributed by atoms with Crippen LogP contribution in [0, 0.1) is 6.92 Å². The zero-order chi connectivity index (χ0) is 12.3. The van der Waals surface area contributed by atoms with Crippen LogP contribution in [0.15, 0.2) is 24.3 Å². The van der Waals surface area contributed by atoms with Gasteiger partial charge in [0.2, 0.25) is 0 Å². The molecule has 0 bridgehead atoms. The van der Waals surface area contributed by atoms with E-state index in [0.29, 0.717) is 6.42 Å². The van der Waals surface area contributed by atoms with Crippen molar-refractivity contribution < 1.29 is 9.84 Å². The molecule has 2 rings (SSSR count). The molecular weight excluding hydrogens is 212 g/mol. The van der Waals surface area contributed by atoms with E-state index < -0.39 is 5.60 Å². The molecule has 1 aliphatic rings. The highest BCUT2D eigenvalue weighted by molar-refractivity contribution is 5.24. The molecule has 1 aromatic carbocycles. The van der Waals surface area contributed by atoms with Gasteiger partial charge in [0.1, 0.15) is 0 Å². The SMILES string of the molecule is COC1CCCCC1(O)Cc1cccc(C)c1. The first kappa shape index (κ1) is 12.6. The van der Waals surface area contributed by atoms with Gasteiger partial charge >= 0.3 is 0 Å². The van der Waals surface area contributed by atoms with Gasteiger partial charge < -0.3 is 9.84 Å². The average Bonchev–Trinajstić information content (AvgIpc) is 2.29. The van der Waals surface area contributed by atoms with Gasteiger partial charge in [-0.05, 0) is 25.3 Å². The fourth-order valence-electron chi connectivity index (χ4n) is 2.91. The highest BCUT2D eigenvalue weighted by Gasteiger charge is 2.39. The van der Waals surface area contributed by atoms with Gasteiger partial charge in [-0.2, -0.15) is 0 Å². The van der Waals surface area contributed by atoms with Crippen LogP contribution in [-0.2, 0) is 11.2 Å². The summed E-state index contributed by atoms with van der Waals surface area (Å²) in [7, 11) is 1.71. The zero-order valence-corrected chi connectivity index (χ0v) is 10.8. The van der Waals surface area contributed by atoms with Crippen molar-refractivity contribution in [1.29, 1.82) is 0 Å². The zero-order valence-electron chi connectivity index (χ0n) is 10.8. The third-order valence-corrected chi connectivity index (χ3v) is 3.80. The molecule has 2 nitrogen and oxygen atoms in total. The Kier molecular flexibility index (Phi) is 3.85. The van der Waals surface area contributed by atoms with E-state index in [1.54, 1.807) is 7.11 Å². The van der Waals surface area contributed by atoms with Gasteiger partial charge in [0.15, 0.2) is 0 Å². The third-order valence-electron chi connectivity index (χ3n) is 3.80. The van der Waals surface area contributed by atoms with E-state index in [1.807, 2.05) is 0 Å². The van der Waals surface area contributed by atoms with Crippen molar-refractivity contribution in [1.82, 2.24) is 0 Å². The highest BCUT2D eigenvalue weighted by atomic mass is 16.5. The Morgan fingerprint density at radius 1 is 1.41 bits per heavy atom. The first-order valence-electron chi connectivity index (χ1n) is 6.45. The molecule has 0 spiro atoms. The van der Waals surface area contributed by atoms with E-state index in [-0.39, 0.29) is 6.10 Å². The van der Waals surface area contributed by atoms with Crippen molar-refractivity contribution in [3.63, 3.8) is 0 Å². The lowest BCUT2D eigenvalue weighted by Gasteiger charge is -2.39. The van der Waals surface area contributed by atoms with Gasteiger partial charge in [-0.3, -0.25) is 0 Å². The van der Waals surface area contributed by atoms with E-state index in [9.17, 15) is 5.11 Å². The Labute approximate surface area is 104 Å². The Morgan fingerprint density at radius 2 is 2.24 bits per heavy atom. The summed E-state index contributed by atoms with van der Waals surface area (Å²) in [4.78, 5) is 0. The van der Waals surface area contributed by atoms with Crippen molar-refractivity contribution in [3.8, 4) is 0 Å². The molecule has 2 heteroatoms. The number of ether oxygens (including phenoxy) is 1. The first-order valence-corrected chi connectivity index (χ1v) is 6.45. The molecule has 1 aromatic rings. The molecule has 2 atom stereocenters. The average molecular weight is 234 g/mol. The Balaban J connectivity index is 2.14. The van der Waals surface area contributed by atoms with Crippen LogP contribution in [0.1, 0.15) is 36.8 Å². The molecule has 1 saturated carbocycles. The fraction of sp³-hybridized carbons (Fsp3) is 0.600. The van der Waals surface area contributed by atoms with E-state index in [4.69, 9.17) is 4.74 Å². The van der Waals surface area contributed by atoms with Crippen LogP contribution < -0.4 is 0 Å². The molecular formula is C15H22O2. The number of methoxy groups -OCH3 is 1. The maximum Gasteiger partial charge on any atom is 0.0948 e. The molecule has 17 heavy (non-hydrogen) atoms. The first-order chi connectivity index (χ1) is 8.14. The van der Waals surface area contributed by atoms with Gasteiger partial charge in [-0.1, -0.05) is 42.7 Å². The van der Waals surface area contributed by atoms with Crippen LogP contribution in [0.2, 0.25) is 0 Å². The standard InChI is InChI=1S/C15H22O2/c1-12-6-5-7-13(10-12)11-15(16)9-4-3-8-14(15)17-2/h5-7,10,14,16H,3-4,8-9,11H2,1-2H3.